The van der Waals surface area contributed by atoms with Gasteiger partial charge >= 0.3 is 0 Å². The summed E-state index contributed by atoms with van der Waals surface area (Å²) in [6.07, 6.45) is 0.828. The average Bonchev–Trinajstić information content (AvgIpc) is 2.57. The number of nitrogens with one attached hydrogen (secondary N) is 1. The second-order valence-electron chi connectivity index (χ2n) is 5.96. The quantitative estimate of drug-likeness (QED) is 0.866. The van der Waals surface area contributed by atoms with Crippen molar-refractivity contribution in [3.63, 3.8) is 0 Å². The summed E-state index contributed by atoms with van der Waals surface area (Å²) in [4.78, 5) is 24.1. The standard InChI is InChI=1S/C20H22FNO2/c1-4-19(23)12-17-11-16(6-5-13(17)2)20(24)22-14(3)15-7-9-18(21)10-8-15/h5-11,14H,4,12H2,1-3H3,(H,22,24). The fourth-order valence-corrected chi connectivity index (χ4v) is 2.46. The van der Waals surface area contributed by atoms with E-state index in [9.17, 15) is 14.0 Å². The summed E-state index contributed by atoms with van der Waals surface area (Å²) in [7, 11) is 0. The first-order valence-electron chi connectivity index (χ1n) is 8.08. The highest BCUT2D eigenvalue weighted by atomic mass is 19.1. The summed E-state index contributed by atoms with van der Waals surface area (Å²) < 4.78 is 13.0. The van der Waals surface area contributed by atoms with Crippen LogP contribution in [0.2, 0.25) is 0 Å². The number of carbonyl (C=O) groups excluding carboxylic acids is 2. The Kier molecular flexibility index (Phi) is 5.85. The van der Waals surface area contributed by atoms with Gasteiger partial charge < -0.3 is 5.32 Å². The van der Waals surface area contributed by atoms with Gasteiger partial charge in [-0.05, 0) is 54.8 Å². The van der Waals surface area contributed by atoms with Crippen LogP contribution in [0.25, 0.3) is 0 Å². The summed E-state index contributed by atoms with van der Waals surface area (Å²) in [5.74, 6) is -0.367. The van der Waals surface area contributed by atoms with Gasteiger partial charge in [0.05, 0.1) is 6.04 Å². The number of carbonyl (C=O) groups is 2. The Bertz CT molecular complexity index is 738. The molecule has 1 amide bonds. The number of hydrogen-bond acceptors (Lipinski definition) is 2. The summed E-state index contributed by atoms with van der Waals surface area (Å²) in [6.45, 7) is 5.61. The molecule has 126 valence electrons. The number of aryl methyl sites for hydroxylation is 1. The maximum atomic E-state index is 13.0. The second kappa shape index (κ2) is 7.86. The zero-order chi connectivity index (χ0) is 17.7. The van der Waals surface area contributed by atoms with Crippen molar-refractivity contribution >= 4 is 11.7 Å². The van der Waals surface area contributed by atoms with Crippen LogP contribution in [0.15, 0.2) is 42.5 Å². The van der Waals surface area contributed by atoms with E-state index in [2.05, 4.69) is 5.32 Å². The van der Waals surface area contributed by atoms with Crippen LogP contribution in [0.3, 0.4) is 0 Å². The van der Waals surface area contributed by atoms with Crippen molar-refractivity contribution in [2.45, 2.75) is 39.7 Å². The fourth-order valence-electron chi connectivity index (χ4n) is 2.46. The molecule has 0 radical (unpaired) electrons. The van der Waals surface area contributed by atoms with E-state index >= 15 is 0 Å². The third-order valence-corrected chi connectivity index (χ3v) is 4.11. The SMILES string of the molecule is CCC(=O)Cc1cc(C(=O)NC(C)c2ccc(F)cc2)ccc1C. The lowest BCUT2D eigenvalue weighted by atomic mass is 9.99. The molecule has 0 saturated heterocycles. The van der Waals surface area contributed by atoms with E-state index in [0.717, 1.165) is 16.7 Å². The summed E-state index contributed by atoms with van der Waals surface area (Å²) >= 11 is 0. The van der Waals surface area contributed by atoms with Crippen LogP contribution in [0.4, 0.5) is 4.39 Å². The Morgan fingerprint density at radius 3 is 2.42 bits per heavy atom. The van der Waals surface area contributed by atoms with Gasteiger partial charge in [0.2, 0.25) is 0 Å². The smallest absolute Gasteiger partial charge is 0.251 e. The predicted molar refractivity (Wildman–Crippen MR) is 92.5 cm³/mol. The van der Waals surface area contributed by atoms with Crippen LogP contribution in [0.5, 0.6) is 0 Å². The minimum absolute atomic E-state index is 0.148. The van der Waals surface area contributed by atoms with Gasteiger partial charge in [0.25, 0.3) is 5.91 Å². The lowest BCUT2D eigenvalue weighted by Gasteiger charge is -2.15. The van der Waals surface area contributed by atoms with Crippen molar-refractivity contribution in [3.8, 4) is 0 Å². The Morgan fingerprint density at radius 2 is 1.79 bits per heavy atom. The van der Waals surface area contributed by atoms with Crippen LogP contribution in [-0.4, -0.2) is 11.7 Å². The van der Waals surface area contributed by atoms with E-state index < -0.39 is 0 Å². The molecule has 0 fully saturated rings. The Hall–Kier alpha value is -2.49. The van der Waals surface area contributed by atoms with E-state index in [0.29, 0.717) is 18.4 Å². The van der Waals surface area contributed by atoms with Crippen LogP contribution < -0.4 is 5.32 Å². The van der Waals surface area contributed by atoms with Crippen LogP contribution in [0.1, 0.15) is 53.4 Å². The molecule has 4 heteroatoms. The first kappa shape index (κ1) is 17.9. The molecular weight excluding hydrogens is 305 g/mol. The first-order chi connectivity index (χ1) is 11.4. The van der Waals surface area contributed by atoms with Gasteiger partial charge in [0.15, 0.2) is 0 Å². The largest absolute Gasteiger partial charge is 0.346 e. The van der Waals surface area contributed by atoms with E-state index in [1.807, 2.05) is 26.8 Å². The fraction of sp³-hybridized carbons (Fsp3) is 0.300. The van der Waals surface area contributed by atoms with Crippen molar-refractivity contribution in [1.29, 1.82) is 0 Å². The average molecular weight is 327 g/mol. The molecule has 0 saturated carbocycles. The van der Waals surface area contributed by atoms with E-state index in [-0.39, 0.29) is 23.5 Å². The summed E-state index contributed by atoms with van der Waals surface area (Å²) in [5, 5.41) is 2.90. The Balaban J connectivity index is 2.13. The molecule has 1 atom stereocenters. The number of benzene rings is 2. The normalized spacial score (nSPS) is 11.8. The van der Waals surface area contributed by atoms with E-state index in [1.165, 1.54) is 12.1 Å². The highest BCUT2D eigenvalue weighted by molar-refractivity contribution is 5.95. The molecule has 3 nitrogen and oxygen atoms in total. The maximum Gasteiger partial charge on any atom is 0.251 e. The van der Waals surface area contributed by atoms with E-state index in [1.54, 1.807) is 24.3 Å². The van der Waals surface area contributed by atoms with Crippen molar-refractivity contribution in [1.82, 2.24) is 5.32 Å². The van der Waals surface area contributed by atoms with Gasteiger partial charge in [0.1, 0.15) is 11.6 Å². The molecule has 0 aliphatic carbocycles. The molecule has 1 unspecified atom stereocenters. The second-order valence-corrected chi connectivity index (χ2v) is 5.96. The molecule has 0 aromatic heterocycles. The number of rotatable bonds is 6. The van der Waals surface area contributed by atoms with Crippen molar-refractivity contribution in [3.05, 3.63) is 70.5 Å². The number of ketones is 1. The molecular formula is C20H22FNO2. The van der Waals surface area contributed by atoms with Crippen molar-refractivity contribution in [2.24, 2.45) is 0 Å². The molecule has 0 spiro atoms. The maximum absolute atomic E-state index is 13.0. The molecule has 0 aliphatic heterocycles. The van der Waals surface area contributed by atoms with Crippen LogP contribution in [-0.2, 0) is 11.2 Å². The van der Waals surface area contributed by atoms with Gasteiger partial charge in [-0.25, -0.2) is 4.39 Å². The molecule has 0 bridgehead atoms. The lowest BCUT2D eigenvalue weighted by molar-refractivity contribution is -0.118. The Labute approximate surface area is 141 Å². The minimum Gasteiger partial charge on any atom is -0.346 e. The van der Waals surface area contributed by atoms with Crippen LogP contribution >= 0.6 is 0 Å². The summed E-state index contributed by atoms with van der Waals surface area (Å²) in [5.41, 5.74) is 3.23. The molecule has 2 aromatic rings. The zero-order valence-corrected chi connectivity index (χ0v) is 14.2. The zero-order valence-electron chi connectivity index (χ0n) is 14.2. The third kappa shape index (κ3) is 4.51. The number of hydrogen-bond donors (Lipinski definition) is 1. The molecule has 24 heavy (non-hydrogen) atoms. The lowest BCUT2D eigenvalue weighted by Crippen LogP contribution is -2.26. The minimum atomic E-state index is -0.305. The van der Waals surface area contributed by atoms with Gasteiger partial charge in [-0.15, -0.1) is 0 Å². The number of amides is 1. The first-order valence-corrected chi connectivity index (χ1v) is 8.08. The Morgan fingerprint density at radius 1 is 1.12 bits per heavy atom. The predicted octanol–water partition coefficient (Wildman–Crippen LogP) is 4.15. The third-order valence-electron chi connectivity index (χ3n) is 4.11. The summed E-state index contributed by atoms with van der Waals surface area (Å²) in [6, 6.07) is 11.2. The van der Waals surface area contributed by atoms with Gasteiger partial charge in [0, 0.05) is 18.4 Å². The number of Topliss-reactive ketones (excluding diaryl/α,β-unsaturated/α-hetero) is 1. The van der Waals surface area contributed by atoms with Crippen molar-refractivity contribution in [2.75, 3.05) is 0 Å². The van der Waals surface area contributed by atoms with Gasteiger partial charge in [-0.3, -0.25) is 9.59 Å². The highest BCUT2D eigenvalue weighted by Crippen LogP contribution is 2.16. The molecule has 2 aromatic carbocycles. The molecule has 0 aliphatic rings. The van der Waals surface area contributed by atoms with Crippen molar-refractivity contribution < 1.29 is 14.0 Å². The molecule has 1 N–H and O–H groups in total. The van der Waals surface area contributed by atoms with Crippen LogP contribution in [0, 0.1) is 12.7 Å². The highest BCUT2D eigenvalue weighted by Gasteiger charge is 2.13. The monoisotopic (exact) mass is 327 g/mol. The van der Waals surface area contributed by atoms with Gasteiger partial charge in [-0.2, -0.15) is 0 Å². The molecule has 0 heterocycles. The van der Waals surface area contributed by atoms with E-state index in [4.69, 9.17) is 0 Å². The number of halogens is 1. The topological polar surface area (TPSA) is 46.2 Å². The molecule has 2 rings (SSSR count). The van der Waals surface area contributed by atoms with Gasteiger partial charge in [-0.1, -0.05) is 25.1 Å².